The number of cyclic esters (lactones) is 1. The lowest BCUT2D eigenvalue weighted by Gasteiger charge is -2.26. The molecule has 0 radical (unpaired) electrons. The molecule has 2 amide bonds. The van der Waals surface area contributed by atoms with Crippen LogP contribution in [-0.4, -0.2) is 63.7 Å². The second kappa shape index (κ2) is 13.2. The number of rotatable bonds is 11. The first-order chi connectivity index (χ1) is 18.7. The molecular weight excluding hydrogens is 547 g/mol. The zero-order valence-corrected chi connectivity index (χ0v) is 22.5. The Morgan fingerprint density at radius 2 is 1.97 bits per heavy atom. The zero-order chi connectivity index (χ0) is 28.6. The number of thiocarbonyl (C=S) groups is 1. The molecular formula is C26H23FN4O6S2. The largest absolute Gasteiger partial charge is 0.457 e. The zero-order valence-electron chi connectivity index (χ0n) is 20.9. The molecule has 10 nitrogen and oxygen atoms in total. The number of halogens is 1. The van der Waals surface area contributed by atoms with Crippen molar-refractivity contribution < 1.29 is 33.6 Å². The SMILES string of the molecule is CCN1C(=O)OCC1Cc1ccc(Oc2ccc(/C=C(/SC)C(=O)N(C=S)C(C#N)(C#N)OO)c(F)c2)cc1. The number of nitriles is 2. The number of benzene rings is 2. The van der Waals surface area contributed by atoms with E-state index in [2.05, 4.69) is 4.89 Å². The van der Waals surface area contributed by atoms with Crippen molar-refractivity contribution in [1.29, 1.82) is 10.5 Å². The lowest BCUT2D eigenvalue weighted by atomic mass is 10.1. The molecule has 39 heavy (non-hydrogen) atoms. The molecule has 0 aromatic heterocycles. The summed E-state index contributed by atoms with van der Waals surface area (Å²) in [5.41, 5.74) is -0.997. The maximum Gasteiger partial charge on any atom is 0.410 e. The lowest BCUT2D eigenvalue weighted by molar-refractivity contribution is -0.310. The van der Waals surface area contributed by atoms with Gasteiger partial charge in [-0.3, -0.25) is 4.79 Å². The standard InChI is InChI=1S/C26H23FN4O6S2/c1-3-30-19(13-35-25(30)33)10-17-4-7-20(8-5-17)36-21-9-6-18(22(27)12-21)11-23(39-2)24(32)31(16-38)26(14-28,15-29)37-34/h4-9,11-12,16,19,34H,3,10,13H2,1-2H3/b23-11+. The fraction of sp³-hybridized carbons (Fsp3) is 0.269. The van der Waals surface area contributed by atoms with Gasteiger partial charge in [0.15, 0.2) is 0 Å². The molecule has 3 rings (SSSR count). The number of likely N-dealkylation sites (N-methyl/N-ethyl adjacent to an activating group) is 1. The molecule has 1 aliphatic rings. The van der Waals surface area contributed by atoms with Gasteiger partial charge in [0.1, 0.15) is 36.1 Å². The summed E-state index contributed by atoms with van der Waals surface area (Å²) in [7, 11) is 0. The molecule has 13 heteroatoms. The van der Waals surface area contributed by atoms with E-state index in [4.69, 9.17) is 26.9 Å². The number of nitrogens with zero attached hydrogens (tertiary/aromatic N) is 4. The van der Waals surface area contributed by atoms with Crippen molar-refractivity contribution in [1.82, 2.24) is 9.80 Å². The van der Waals surface area contributed by atoms with E-state index in [1.807, 2.05) is 19.1 Å². The minimum Gasteiger partial charge on any atom is -0.457 e. The van der Waals surface area contributed by atoms with Gasteiger partial charge in [0.05, 0.1) is 16.4 Å². The highest BCUT2D eigenvalue weighted by Gasteiger charge is 2.43. The third-order valence-electron chi connectivity index (χ3n) is 5.83. The monoisotopic (exact) mass is 570 g/mol. The number of carbonyl (C=O) groups is 2. The molecule has 0 spiro atoms. The summed E-state index contributed by atoms with van der Waals surface area (Å²) in [4.78, 5) is 30.6. The van der Waals surface area contributed by atoms with Gasteiger partial charge in [0.2, 0.25) is 0 Å². The van der Waals surface area contributed by atoms with Gasteiger partial charge < -0.3 is 14.4 Å². The summed E-state index contributed by atoms with van der Waals surface area (Å²) in [6.07, 6.45) is 3.05. The van der Waals surface area contributed by atoms with Crippen LogP contribution in [0.1, 0.15) is 18.1 Å². The van der Waals surface area contributed by atoms with Crippen molar-refractivity contribution in [2.24, 2.45) is 0 Å². The average molecular weight is 571 g/mol. The minimum atomic E-state index is -2.70. The fourth-order valence-corrected chi connectivity index (χ4v) is 4.55. The van der Waals surface area contributed by atoms with E-state index in [9.17, 15) is 24.5 Å². The topological polar surface area (TPSA) is 136 Å². The highest BCUT2D eigenvalue weighted by Crippen LogP contribution is 2.28. The van der Waals surface area contributed by atoms with Gasteiger partial charge >= 0.3 is 11.8 Å². The molecule has 202 valence electrons. The van der Waals surface area contributed by atoms with Crippen LogP contribution in [-0.2, 0) is 20.8 Å². The van der Waals surface area contributed by atoms with Crippen LogP contribution >= 0.6 is 24.0 Å². The molecule has 0 saturated carbocycles. The van der Waals surface area contributed by atoms with Crippen LogP contribution in [0.3, 0.4) is 0 Å². The third-order valence-corrected chi connectivity index (χ3v) is 6.78. The summed E-state index contributed by atoms with van der Waals surface area (Å²) < 4.78 is 25.8. The van der Waals surface area contributed by atoms with Crippen LogP contribution in [0, 0.1) is 28.5 Å². The summed E-state index contributed by atoms with van der Waals surface area (Å²) in [6.45, 7) is 2.80. The Balaban J connectivity index is 1.74. The number of ether oxygens (including phenoxy) is 2. The van der Waals surface area contributed by atoms with Crippen molar-refractivity contribution in [3.8, 4) is 23.6 Å². The summed E-state index contributed by atoms with van der Waals surface area (Å²) >= 11 is 5.64. The molecule has 1 atom stereocenters. The van der Waals surface area contributed by atoms with Gasteiger partial charge in [-0.05, 0) is 55.5 Å². The summed E-state index contributed by atoms with van der Waals surface area (Å²) in [5.74, 6) is -0.973. The number of hydrogen-bond acceptors (Lipinski definition) is 10. The van der Waals surface area contributed by atoms with E-state index >= 15 is 0 Å². The first kappa shape index (κ1) is 29.5. The van der Waals surface area contributed by atoms with Gasteiger partial charge in [-0.1, -0.05) is 24.4 Å². The first-order valence-corrected chi connectivity index (χ1v) is 13.1. The van der Waals surface area contributed by atoms with E-state index in [1.54, 1.807) is 17.0 Å². The number of amides is 2. The van der Waals surface area contributed by atoms with Crippen LogP contribution in [0.25, 0.3) is 6.08 Å². The molecule has 1 fully saturated rings. The van der Waals surface area contributed by atoms with Crippen LogP contribution in [0.5, 0.6) is 11.5 Å². The smallest absolute Gasteiger partial charge is 0.410 e. The van der Waals surface area contributed by atoms with E-state index in [0.29, 0.717) is 35.7 Å². The Kier molecular flexibility index (Phi) is 9.98. The van der Waals surface area contributed by atoms with Crippen LogP contribution < -0.4 is 4.74 Å². The van der Waals surface area contributed by atoms with E-state index in [1.165, 1.54) is 36.6 Å². The van der Waals surface area contributed by atoms with Crippen LogP contribution in [0.2, 0.25) is 0 Å². The molecule has 1 unspecified atom stereocenters. The van der Waals surface area contributed by atoms with Crippen LogP contribution in [0.15, 0.2) is 47.4 Å². The minimum absolute atomic E-state index is 0.0259. The Bertz CT molecular complexity index is 1340. The fourth-order valence-electron chi connectivity index (χ4n) is 3.79. The summed E-state index contributed by atoms with van der Waals surface area (Å²) in [6, 6.07) is 14.0. The second-order valence-electron chi connectivity index (χ2n) is 8.10. The van der Waals surface area contributed by atoms with Gasteiger partial charge in [-0.25, -0.2) is 19.3 Å². The van der Waals surface area contributed by atoms with E-state index in [-0.39, 0.29) is 28.4 Å². The van der Waals surface area contributed by atoms with Crippen molar-refractivity contribution in [2.45, 2.75) is 25.1 Å². The molecule has 0 bridgehead atoms. The summed E-state index contributed by atoms with van der Waals surface area (Å²) in [5, 5.41) is 27.5. The number of hydrogen-bond donors (Lipinski definition) is 1. The molecule has 0 aliphatic carbocycles. The maximum atomic E-state index is 14.9. The maximum absolute atomic E-state index is 14.9. The number of carbonyl (C=O) groups excluding carboxylic acids is 2. The van der Waals surface area contributed by atoms with Crippen molar-refractivity contribution in [3.63, 3.8) is 0 Å². The Hall–Kier alpha value is -4.01. The highest BCUT2D eigenvalue weighted by atomic mass is 32.2. The van der Waals surface area contributed by atoms with Gasteiger partial charge in [0.25, 0.3) is 5.91 Å². The molecule has 1 N–H and O–H groups in total. The average Bonchev–Trinajstić information content (AvgIpc) is 3.30. The second-order valence-corrected chi connectivity index (χ2v) is 9.16. The Labute approximate surface area is 233 Å². The van der Waals surface area contributed by atoms with E-state index < -0.39 is 17.4 Å². The third kappa shape index (κ3) is 6.53. The van der Waals surface area contributed by atoms with E-state index in [0.717, 1.165) is 23.4 Å². The lowest BCUT2D eigenvalue weighted by Crippen LogP contribution is -2.50. The van der Waals surface area contributed by atoms with Crippen molar-refractivity contribution in [2.75, 3.05) is 19.4 Å². The Morgan fingerprint density at radius 3 is 2.51 bits per heavy atom. The molecule has 1 heterocycles. The molecule has 2 aromatic carbocycles. The first-order valence-electron chi connectivity index (χ1n) is 11.4. The van der Waals surface area contributed by atoms with Crippen molar-refractivity contribution >= 4 is 47.5 Å². The van der Waals surface area contributed by atoms with Gasteiger partial charge in [-0.15, -0.1) is 11.8 Å². The molecule has 2 aromatic rings. The predicted molar refractivity (Wildman–Crippen MR) is 144 cm³/mol. The van der Waals surface area contributed by atoms with Gasteiger partial charge in [-0.2, -0.15) is 15.4 Å². The molecule has 1 saturated heterocycles. The normalized spacial score (nSPS) is 15.2. The number of thioether (sulfide) groups is 1. The van der Waals surface area contributed by atoms with Gasteiger partial charge in [0, 0.05) is 18.2 Å². The highest BCUT2D eigenvalue weighted by molar-refractivity contribution is 8.03. The van der Waals surface area contributed by atoms with Crippen LogP contribution in [0.4, 0.5) is 9.18 Å². The predicted octanol–water partition coefficient (Wildman–Crippen LogP) is 4.72. The van der Waals surface area contributed by atoms with Crippen molar-refractivity contribution in [3.05, 3.63) is 64.3 Å². The Morgan fingerprint density at radius 1 is 1.31 bits per heavy atom. The quantitative estimate of drug-likeness (QED) is 0.133. The molecule has 1 aliphatic heterocycles.